The molecule has 0 atom stereocenters. The maximum absolute atomic E-state index is 4.68. The van der Waals surface area contributed by atoms with Crippen molar-refractivity contribution in [3.05, 3.63) is 50.4 Å². The summed E-state index contributed by atoms with van der Waals surface area (Å²) >= 11 is 5.21. The maximum atomic E-state index is 4.68. The highest BCUT2D eigenvalue weighted by Crippen LogP contribution is 2.14. The molecule has 0 fully saturated rings. The Morgan fingerprint density at radius 2 is 2.00 bits per heavy atom. The Kier molecular flexibility index (Phi) is 6.83. The van der Waals surface area contributed by atoms with Crippen LogP contribution < -0.4 is 5.32 Å². The van der Waals surface area contributed by atoms with E-state index in [1.54, 1.807) is 11.3 Å². The highest BCUT2D eigenvalue weighted by atomic mass is 79.9. The lowest BCUT2D eigenvalue weighted by molar-refractivity contribution is 0.315. The zero-order valence-corrected chi connectivity index (χ0v) is 15.0. The SMILES string of the molecule is CCCNCc1nc(CN(C)Cc2ccc(Br)cc2)cs1. The quantitative estimate of drug-likeness (QED) is 0.713. The summed E-state index contributed by atoms with van der Waals surface area (Å²) in [6, 6.07) is 8.48. The molecule has 0 radical (unpaired) electrons. The molecule has 0 unspecified atom stereocenters. The number of hydrogen-bond acceptors (Lipinski definition) is 4. The van der Waals surface area contributed by atoms with Crippen molar-refractivity contribution in [3.8, 4) is 0 Å². The van der Waals surface area contributed by atoms with Gasteiger partial charge in [-0.3, -0.25) is 4.90 Å². The Labute approximate surface area is 139 Å². The van der Waals surface area contributed by atoms with Crippen molar-refractivity contribution in [1.82, 2.24) is 15.2 Å². The van der Waals surface area contributed by atoms with Crippen molar-refractivity contribution < 1.29 is 0 Å². The molecule has 0 spiro atoms. The summed E-state index contributed by atoms with van der Waals surface area (Å²) in [5, 5.41) is 6.74. The van der Waals surface area contributed by atoms with Crippen LogP contribution in [-0.4, -0.2) is 23.5 Å². The second-order valence-electron chi connectivity index (χ2n) is 5.21. The van der Waals surface area contributed by atoms with Crippen molar-refractivity contribution in [2.75, 3.05) is 13.6 Å². The van der Waals surface area contributed by atoms with Crippen molar-refractivity contribution in [2.45, 2.75) is 33.0 Å². The first kappa shape index (κ1) is 16.6. The summed E-state index contributed by atoms with van der Waals surface area (Å²) in [6.45, 7) is 5.94. The predicted octanol–water partition coefficient (Wildman–Crippen LogP) is 4.04. The first-order valence-corrected chi connectivity index (χ1v) is 8.91. The largest absolute Gasteiger partial charge is 0.310 e. The minimum atomic E-state index is 0.884. The van der Waals surface area contributed by atoms with Gasteiger partial charge < -0.3 is 5.32 Å². The monoisotopic (exact) mass is 367 g/mol. The molecular formula is C16H22BrN3S. The van der Waals surface area contributed by atoms with Gasteiger partial charge in [0.05, 0.1) is 5.69 Å². The predicted molar refractivity (Wildman–Crippen MR) is 93.4 cm³/mol. The third kappa shape index (κ3) is 5.87. The first-order valence-electron chi connectivity index (χ1n) is 7.24. The lowest BCUT2D eigenvalue weighted by Crippen LogP contribution is -2.18. The number of nitrogens with zero attached hydrogens (tertiary/aromatic N) is 2. The van der Waals surface area contributed by atoms with Crippen LogP contribution in [-0.2, 0) is 19.6 Å². The molecule has 0 aliphatic rings. The van der Waals surface area contributed by atoms with E-state index in [0.29, 0.717) is 0 Å². The zero-order chi connectivity index (χ0) is 15.1. The van der Waals surface area contributed by atoms with E-state index >= 15 is 0 Å². The molecule has 0 amide bonds. The van der Waals surface area contributed by atoms with Gasteiger partial charge in [0, 0.05) is 29.5 Å². The molecule has 0 saturated heterocycles. The average molecular weight is 368 g/mol. The van der Waals surface area contributed by atoms with E-state index in [0.717, 1.165) is 42.8 Å². The van der Waals surface area contributed by atoms with E-state index in [4.69, 9.17) is 0 Å². The van der Waals surface area contributed by atoms with Gasteiger partial charge >= 0.3 is 0 Å². The number of hydrogen-bond donors (Lipinski definition) is 1. The lowest BCUT2D eigenvalue weighted by atomic mass is 10.2. The molecule has 0 bridgehead atoms. The van der Waals surface area contributed by atoms with E-state index in [1.165, 1.54) is 10.6 Å². The average Bonchev–Trinajstić information content (AvgIpc) is 2.89. The summed E-state index contributed by atoms with van der Waals surface area (Å²) in [7, 11) is 2.14. The van der Waals surface area contributed by atoms with Gasteiger partial charge in [-0.1, -0.05) is 35.0 Å². The van der Waals surface area contributed by atoms with Crippen LogP contribution in [0.3, 0.4) is 0 Å². The van der Waals surface area contributed by atoms with Crippen molar-refractivity contribution >= 4 is 27.3 Å². The smallest absolute Gasteiger partial charge is 0.107 e. The van der Waals surface area contributed by atoms with Crippen molar-refractivity contribution in [1.29, 1.82) is 0 Å². The van der Waals surface area contributed by atoms with Crippen LogP contribution in [0.15, 0.2) is 34.1 Å². The fraction of sp³-hybridized carbons (Fsp3) is 0.438. The number of aromatic nitrogens is 1. The van der Waals surface area contributed by atoms with Gasteiger partial charge in [0.1, 0.15) is 5.01 Å². The van der Waals surface area contributed by atoms with Crippen LogP contribution in [0.4, 0.5) is 0 Å². The second-order valence-corrected chi connectivity index (χ2v) is 7.07. The molecule has 1 aromatic carbocycles. The minimum Gasteiger partial charge on any atom is -0.310 e. The van der Waals surface area contributed by atoms with Crippen LogP contribution in [0, 0.1) is 0 Å². The van der Waals surface area contributed by atoms with E-state index in [9.17, 15) is 0 Å². The highest BCUT2D eigenvalue weighted by Gasteiger charge is 2.06. The molecule has 0 aliphatic carbocycles. The van der Waals surface area contributed by atoms with E-state index < -0.39 is 0 Å². The Bertz CT molecular complexity index is 539. The molecule has 21 heavy (non-hydrogen) atoms. The molecule has 0 aliphatic heterocycles. The van der Waals surface area contributed by atoms with Crippen molar-refractivity contribution in [3.63, 3.8) is 0 Å². The summed E-state index contributed by atoms with van der Waals surface area (Å²) in [5.74, 6) is 0. The number of halogens is 1. The van der Waals surface area contributed by atoms with Gasteiger partial charge in [0.15, 0.2) is 0 Å². The minimum absolute atomic E-state index is 0.884. The summed E-state index contributed by atoms with van der Waals surface area (Å²) in [6.07, 6.45) is 1.16. The maximum Gasteiger partial charge on any atom is 0.107 e. The zero-order valence-electron chi connectivity index (χ0n) is 12.6. The third-order valence-corrected chi connectivity index (χ3v) is 4.53. The van der Waals surface area contributed by atoms with Gasteiger partial charge in [-0.2, -0.15) is 0 Å². The van der Waals surface area contributed by atoms with Gasteiger partial charge in [-0.25, -0.2) is 4.98 Å². The number of nitrogens with one attached hydrogen (secondary N) is 1. The molecule has 1 heterocycles. The summed E-state index contributed by atoms with van der Waals surface area (Å²) in [5.41, 5.74) is 2.48. The standard InChI is InChI=1S/C16H22BrN3S/c1-3-8-18-9-16-19-15(12-21-16)11-20(2)10-13-4-6-14(17)7-5-13/h4-7,12,18H,3,8-11H2,1-2H3. The molecule has 5 heteroatoms. The fourth-order valence-corrected chi connectivity index (χ4v) is 3.13. The van der Waals surface area contributed by atoms with E-state index in [1.807, 2.05) is 0 Å². The molecular weight excluding hydrogens is 346 g/mol. The van der Waals surface area contributed by atoms with Crippen LogP contribution in [0.1, 0.15) is 29.6 Å². The van der Waals surface area contributed by atoms with Crippen LogP contribution in [0.25, 0.3) is 0 Å². The Morgan fingerprint density at radius 3 is 2.71 bits per heavy atom. The van der Waals surface area contributed by atoms with Crippen molar-refractivity contribution in [2.24, 2.45) is 0 Å². The molecule has 2 aromatic rings. The van der Waals surface area contributed by atoms with Crippen LogP contribution in [0.5, 0.6) is 0 Å². The summed E-state index contributed by atoms with van der Waals surface area (Å²) < 4.78 is 1.12. The molecule has 1 N–H and O–H groups in total. The van der Waals surface area contributed by atoms with Crippen LogP contribution >= 0.6 is 27.3 Å². The number of rotatable bonds is 8. The van der Waals surface area contributed by atoms with Gasteiger partial charge in [-0.15, -0.1) is 11.3 Å². The van der Waals surface area contributed by atoms with Crippen LogP contribution in [0.2, 0.25) is 0 Å². The molecule has 114 valence electrons. The Hall–Kier alpha value is -0.750. The topological polar surface area (TPSA) is 28.2 Å². The van der Waals surface area contributed by atoms with Gasteiger partial charge in [0.2, 0.25) is 0 Å². The summed E-state index contributed by atoms with van der Waals surface area (Å²) in [4.78, 5) is 6.98. The normalized spacial score (nSPS) is 11.2. The molecule has 0 saturated carbocycles. The Balaban J connectivity index is 1.82. The third-order valence-electron chi connectivity index (χ3n) is 3.10. The van der Waals surface area contributed by atoms with Gasteiger partial charge in [-0.05, 0) is 37.7 Å². The van der Waals surface area contributed by atoms with E-state index in [-0.39, 0.29) is 0 Å². The number of benzene rings is 1. The number of thiazole rings is 1. The molecule has 3 nitrogen and oxygen atoms in total. The first-order chi connectivity index (χ1) is 10.2. The fourth-order valence-electron chi connectivity index (χ4n) is 2.11. The van der Waals surface area contributed by atoms with E-state index in [2.05, 4.69) is 74.7 Å². The Morgan fingerprint density at radius 1 is 1.24 bits per heavy atom. The molecule has 1 aromatic heterocycles. The van der Waals surface area contributed by atoms with Gasteiger partial charge in [0.25, 0.3) is 0 Å². The molecule has 2 rings (SSSR count). The lowest BCUT2D eigenvalue weighted by Gasteiger charge is -2.15. The highest BCUT2D eigenvalue weighted by molar-refractivity contribution is 9.10. The second kappa shape index (κ2) is 8.63.